The number of nitrogens with zero attached hydrogens (tertiary/aromatic N) is 5. The van der Waals surface area contributed by atoms with Crippen LogP contribution in [0.25, 0.3) is 28.5 Å². The van der Waals surface area contributed by atoms with Crippen molar-refractivity contribution >= 4 is 17.6 Å². The molecule has 2 aliphatic rings. The van der Waals surface area contributed by atoms with Crippen molar-refractivity contribution in [3.63, 3.8) is 0 Å². The molecule has 2 aromatic carbocycles. The van der Waals surface area contributed by atoms with Crippen LogP contribution in [0.3, 0.4) is 0 Å². The van der Waals surface area contributed by atoms with E-state index in [4.69, 9.17) is 0 Å². The molecule has 2 N–H and O–H groups in total. The Hall–Kier alpha value is -4.20. The predicted octanol–water partition coefficient (Wildman–Crippen LogP) is 5.82. The monoisotopic (exact) mass is 466 g/mol. The van der Waals surface area contributed by atoms with E-state index >= 15 is 0 Å². The molecular formula is C27H26N6O2. The molecule has 1 saturated carbocycles. The Morgan fingerprint density at radius 1 is 1.00 bits per heavy atom. The lowest BCUT2D eigenvalue weighted by atomic mass is 9.95. The van der Waals surface area contributed by atoms with E-state index in [1.54, 1.807) is 11.1 Å². The largest absolute Gasteiger partial charge is 0.465 e. The highest BCUT2D eigenvalue weighted by Gasteiger charge is 2.55. The Kier molecular flexibility index (Phi) is 4.51. The molecular weight excluding hydrogens is 440 g/mol. The van der Waals surface area contributed by atoms with Crippen molar-refractivity contribution in [2.45, 2.75) is 44.7 Å². The number of carboxylic acid groups (broad SMARTS) is 1. The van der Waals surface area contributed by atoms with Crippen molar-refractivity contribution in [1.82, 2.24) is 24.6 Å². The van der Waals surface area contributed by atoms with Crippen LogP contribution in [0.15, 0.2) is 66.9 Å². The van der Waals surface area contributed by atoms with E-state index in [0.29, 0.717) is 5.82 Å². The number of nitrogens with one attached hydrogen (secondary N) is 1. The quantitative estimate of drug-likeness (QED) is 0.348. The molecule has 0 spiro atoms. The van der Waals surface area contributed by atoms with Gasteiger partial charge in [0, 0.05) is 22.9 Å². The number of amides is 1. The van der Waals surface area contributed by atoms with Crippen molar-refractivity contribution in [2.75, 3.05) is 5.32 Å². The SMILES string of the molecule is CC(C)(C)N(C(=O)O)C1(c2ccc(-c3nnc4n3-c3cccnc3Nc3ccccc3-4)cc2)CC1. The molecule has 8 nitrogen and oxygen atoms in total. The van der Waals surface area contributed by atoms with Gasteiger partial charge in [-0.05, 0) is 63.4 Å². The minimum Gasteiger partial charge on any atom is -0.465 e. The van der Waals surface area contributed by atoms with Gasteiger partial charge in [0.05, 0.1) is 16.9 Å². The lowest BCUT2D eigenvalue weighted by Gasteiger charge is -2.40. The summed E-state index contributed by atoms with van der Waals surface area (Å²) in [6.45, 7) is 5.83. The normalized spacial score (nSPS) is 15.2. The van der Waals surface area contributed by atoms with Crippen LogP contribution in [0.1, 0.15) is 39.2 Å². The number of hydrogen-bond acceptors (Lipinski definition) is 5. The van der Waals surface area contributed by atoms with E-state index in [2.05, 4.69) is 20.5 Å². The van der Waals surface area contributed by atoms with Gasteiger partial charge < -0.3 is 10.4 Å². The molecule has 35 heavy (non-hydrogen) atoms. The first-order valence-corrected chi connectivity index (χ1v) is 11.7. The lowest BCUT2D eigenvalue weighted by molar-refractivity contribution is 0.0595. The van der Waals surface area contributed by atoms with Gasteiger partial charge in [-0.15, -0.1) is 10.2 Å². The van der Waals surface area contributed by atoms with Crippen molar-refractivity contribution in [1.29, 1.82) is 0 Å². The van der Waals surface area contributed by atoms with Gasteiger partial charge in [-0.3, -0.25) is 9.47 Å². The average molecular weight is 467 g/mol. The van der Waals surface area contributed by atoms with Crippen molar-refractivity contribution in [3.05, 3.63) is 72.4 Å². The number of carbonyl (C=O) groups is 1. The van der Waals surface area contributed by atoms with E-state index in [1.165, 1.54) is 0 Å². The Balaban J connectivity index is 1.46. The molecule has 8 heteroatoms. The van der Waals surface area contributed by atoms with Gasteiger partial charge >= 0.3 is 6.09 Å². The van der Waals surface area contributed by atoms with E-state index in [-0.39, 0.29) is 0 Å². The topological polar surface area (TPSA) is 96.2 Å². The molecule has 0 unspecified atom stereocenters. The van der Waals surface area contributed by atoms with Crippen LogP contribution >= 0.6 is 0 Å². The zero-order valence-electron chi connectivity index (χ0n) is 19.9. The minimum absolute atomic E-state index is 0.482. The number of benzene rings is 2. The number of rotatable bonds is 3. The van der Waals surface area contributed by atoms with Crippen LogP contribution in [0.2, 0.25) is 0 Å². The summed E-state index contributed by atoms with van der Waals surface area (Å²) < 4.78 is 2.03. The average Bonchev–Trinajstić information content (AvgIpc) is 3.51. The molecule has 1 aliphatic carbocycles. The second-order valence-corrected chi connectivity index (χ2v) is 10.1. The minimum atomic E-state index is -0.892. The molecule has 3 heterocycles. The number of aromatic nitrogens is 4. The van der Waals surface area contributed by atoms with E-state index in [1.807, 2.05) is 86.0 Å². The van der Waals surface area contributed by atoms with Crippen LogP contribution in [-0.4, -0.2) is 41.4 Å². The van der Waals surface area contributed by atoms with Crippen molar-refractivity contribution in [3.8, 4) is 28.5 Å². The summed E-state index contributed by atoms with van der Waals surface area (Å²) in [5, 5.41) is 22.5. The maximum atomic E-state index is 12.2. The number of hydrogen-bond donors (Lipinski definition) is 2. The van der Waals surface area contributed by atoms with E-state index < -0.39 is 17.2 Å². The first kappa shape index (κ1) is 21.3. The highest BCUT2D eigenvalue weighted by Crippen LogP contribution is 2.53. The third-order valence-corrected chi connectivity index (χ3v) is 6.81. The highest BCUT2D eigenvalue weighted by atomic mass is 16.4. The number of fused-ring (bicyclic) bond motifs is 5. The third-order valence-electron chi connectivity index (χ3n) is 6.81. The van der Waals surface area contributed by atoms with Crippen molar-refractivity contribution < 1.29 is 9.90 Å². The van der Waals surface area contributed by atoms with Crippen LogP contribution in [0.5, 0.6) is 0 Å². The van der Waals surface area contributed by atoms with E-state index in [9.17, 15) is 9.90 Å². The maximum absolute atomic E-state index is 12.2. The Bertz CT molecular complexity index is 1450. The Labute approximate surface area is 203 Å². The van der Waals surface area contributed by atoms with Gasteiger partial charge in [-0.1, -0.05) is 36.4 Å². The molecule has 0 radical (unpaired) electrons. The summed E-state index contributed by atoms with van der Waals surface area (Å²) in [5.74, 6) is 2.17. The number of para-hydroxylation sites is 1. The summed E-state index contributed by atoms with van der Waals surface area (Å²) in [6, 6.07) is 20.0. The summed E-state index contributed by atoms with van der Waals surface area (Å²) in [5.41, 5.74) is 3.66. The molecule has 0 atom stereocenters. The summed E-state index contributed by atoms with van der Waals surface area (Å²) in [7, 11) is 0. The summed E-state index contributed by atoms with van der Waals surface area (Å²) >= 11 is 0. The first-order chi connectivity index (χ1) is 16.8. The molecule has 0 bridgehead atoms. The number of pyridine rings is 1. The molecule has 2 aromatic heterocycles. The molecule has 4 aromatic rings. The fraction of sp³-hybridized carbons (Fsp3) is 0.259. The molecule has 1 amide bonds. The van der Waals surface area contributed by atoms with Gasteiger partial charge in [0.2, 0.25) is 0 Å². The first-order valence-electron chi connectivity index (χ1n) is 11.7. The van der Waals surface area contributed by atoms with Crippen LogP contribution < -0.4 is 5.32 Å². The Morgan fingerprint density at radius 2 is 1.71 bits per heavy atom. The zero-order chi connectivity index (χ0) is 24.4. The molecule has 1 fully saturated rings. The molecule has 1 aliphatic heterocycles. The fourth-order valence-corrected chi connectivity index (χ4v) is 5.26. The standard InChI is InChI=1S/C27H26N6O2/c1-26(2,3)33(25(34)35)27(14-15-27)18-12-10-17(11-13-18)23-30-31-24-19-7-4-5-8-20(19)29-22-21(32(23)24)9-6-16-28-22/h4-13,16H,14-15H2,1-3H3,(H,28,29)(H,34,35). The smallest absolute Gasteiger partial charge is 0.408 e. The maximum Gasteiger partial charge on any atom is 0.408 e. The van der Waals surface area contributed by atoms with Gasteiger partial charge in [0.1, 0.15) is 0 Å². The van der Waals surface area contributed by atoms with Crippen LogP contribution in [0.4, 0.5) is 16.3 Å². The summed E-state index contributed by atoms with van der Waals surface area (Å²) in [4.78, 5) is 18.3. The third kappa shape index (κ3) is 3.28. The second-order valence-electron chi connectivity index (χ2n) is 10.1. The van der Waals surface area contributed by atoms with Crippen LogP contribution in [0, 0.1) is 0 Å². The second kappa shape index (κ2) is 7.40. The lowest BCUT2D eigenvalue weighted by Crippen LogP contribution is -2.51. The predicted molar refractivity (Wildman–Crippen MR) is 134 cm³/mol. The fourth-order valence-electron chi connectivity index (χ4n) is 5.26. The molecule has 6 rings (SSSR count). The van der Waals surface area contributed by atoms with Gasteiger partial charge in [0.15, 0.2) is 17.5 Å². The Morgan fingerprint density at radius 3 is 2.40 bits per heavy atom. The van der Waals surface area contributed by atoms with Crippen LogP contribution in [-0.2, 0) is 5.54 Å². The summed E-state index contributed by atoms with van der Waals surface area (Å²) in [6.07, 6.45) is 2.50. The molecule has 176 valence electrons. The van der Waals surface area contributed by atoms with Crippen molar-refractivity contribution in [2.24, 2.45) is 0 Å². The van der Waals surface area contributed by atoms with E-state index in [0.717, 1.165) is 52.5 Å². The van der Waals surface area contributed by atoms with Gasteiger partial charge in [-0.25, -0.2) is 9.78 Å². The molecule has 0 saturated heterocycles. The highest BCUT2D eigenvalue weighted by molar-refractivity contribution is 5.84. The van der Waals surface area contributed by atoms with Gasteiger partial charge in [0.25, 0.3) is 0 Å². The van der Waals surface area contributed by atoms with Gasteiger partial charge in [-0.2, -0.15) is 0 Å². The number of anilines is 2. The zero-order valence-corrected chi connectivity index (χ0v) is 19.9.